The van der Waals surface area contributed by atoms with Crippen LogP contribution in [0.5, 0.6) is 0 Å². The monoisotopic (exact) mass is 491 g/mol. The van der Waals surface area contributed by atoms with E-state index in [2.05, 4.69) is 4.67 Å². The van der Waals surface area contributed by atoms with Crippen LogP contribution in [0.3, 0.4) is 0 Å². The number of hydrogen-bond donors (Lipinski definition) is 0. The molecule has 0 aromatic carbocycles. The van der Waals surface area contributed by atoms with Crippen molar-refractivity contribution in [2.24, 2.45) is 0 Å². The van der Waals surface area contributed by atoms with Crippen LogP contribution in [0, 0.1) is 0 Å². The summed E-state index contributed by atoms with van der Waals surface area (Å²) in [6.07, 6.45) is 32.7. The van der Waals surface area contributed by atoms with Gasteiger partial charge in [-0.2, -0.15) is 0 Å². The fraction of sp³-hybridized carbons (Fsp3) is 1.00. The summed E-state index contributed by atoms with van der Waals surface area (Å²) in [6, 6.07) is 0.778. The Balaban J connectivity index is 1.27. The largest absolute Gasteiger partial charge is 0.351 e. The van der Waals surface area contributed by atoms with Crippen molar-refractivity contribution in [3.8, 4) is 0 Å². The summed E-state index contributed by atoms with van der Waals surface area (Å²) in [5, 5.41) is 0. The number of nitrogens with zero attached hydrogens (tertiary/aromatic N) is 1. The van der Waals surface area contributed by atoms with Crippen LogP contribution in [0.4, 0.5) is 0 Å². The van der Waals surface area contributed by atoms with Gasteiger partial charge in [0.1, 0.15) is 0 Å². The Kier molecular flexibility index (Phi) is 8.07. The van der Waals surface area contributed by atoms with Crippen molar-refractivity contribution in [3.05, 3.63) is 0 Å². The first-order chi connectivity index (χ1) is 16.3. The van der Waals surface area contributed by atoms with E-state index in [9.17, 15) is 0 Å². The summed E-state index contributed by atoms with van der Waals surface area (Å²) in [6.45, 7) is 1.42. The maximum absolute atomic E-state index is 7.79. The highest BCUT2D eigenvalue weighted by atomic mass is 31.1. The smallest absolute Gasteiger partial charge is 0.0882 e. The summed E-state index contributed by atoms with van der Waals surface area (Å²) in [5.41, 5.74) is 4.26. The van der Waals surface area contributed by atoms with E-state index in [1.807, 2.05) is 0 Å². The number of hydrogen-bond acceptors (Lipinski definition) is 2. The van der Waals surface area contributed by atoms with Gasteiger partial charge in [-0.15, -0.1) is 0 Å². The fourth-order valence-electron chi connectivity index (χ4n) is 9.05. The van der Waals surface area contributed by atoms with Gasteiger partial charge in [0, 0.05) is 32.1 Å². The minimum absolute atomic E-state index is 0.0638. The van der Waals surface area contributed by atoms with Crippen molar-refractivity contribution >= 4 is 16.2 Å². The van der Waals surface area contributed by atoms with Crippen molar-refractivity contribution in [2.75, 3.05) is 6.54 Å². The summed E-state index contributed by atoms with van der Waals surface area (Å²) < 4.78 is 11.0. The molecule has 1 heterocycles. The van der Waals surface area contributed by atoms with Gasteiger partial charge in [0.25, 0.3) is 0 Å². The minimum atomic E-state index is -0.217. The summed E-state index contributed by atoms with van der Waals surface area (Å²) in [5.74, 6) is 0. The maximum Gasteiger partial charge on any atom is 0.0882 e. The molecule has 1 aliphatic heterocycles. The Labute approximate surface area is 207 Å². The van der Waals surface area contributed by atoms with Gasteiger partial charge in [0.2, 0.25) is 0 Å². The third kappa shape index (κ3) is 5.00. The van der Waals surface area contributed by atoms with Crippen molar-refractivity contribution < 1.29 is 4.52 Å². The van der Waals surface area contributed by atoms with E-state index >= 15 is 0 Å². The lowest BCUT2D eigenvalue weighted by molar-refractivity contribution is 0.0271. The van der Waals surface area contributed by atoms with Crippen LogP contribution in [-0.2, 0) is 4.52 Å². The molecule has 5 saturated carbocycles. The van der Waals surface area contributed by atoms with Crippen LogP contribution in [0.2, 0.25) is 0 Å². The molecule has 0 radical (unpaired) electrons. The van der Waals surface area contributed by atoms with Gasteiger partial charge in [-0.1, -0.05) is 64.2 Å². The molecular weight excluding hydrogens is 440 g/mol. The van der Waals surface area contributed by atoms with E-state index in [0.29, 0.717) is 0 Å². The molecule has 33 heavy (non-hydrogen) atoms. The van der Waals surface area contributed by atoms with Gasteiger partial charge >= 0.3 is 0 Å². The molecule has 6 rings (SSSR count). The van der Waals surface area contributed by atoms with E-state index in [-0.39, 0.29) is 21.8 Å². The predicted octanol–water partition coefficient (Wildman–Crippen LogP) is 9.34. The highest BCUT2D eigenvalue weighted by Gasteiger charge is 2.53. The molecule has 0 unspecified atom stereocenters. The first-order valence-electron chi connectivity index (χ1n) is 15.4. The second kappa shape index (κ2) is 11.0. The molecule has 5 aliphatic carbocycles. The molecule has 4 heteroatoms. The minimum Gasteiger partial charge on any atom is -0.351 e. The second-order valence-corrected chi connectivity index (χ2v) is 17.8. The van der Waals surface area contributed by atoms with Crippen LogP contribution in [0.15, 0.2) is 0 Å². The Morgan fingerprint density at radius 3 is 1.45 bits per heavy atom. The third-order valence-corrected chi connectivity index (χ3v) is 17.3. The molecule has 6 fully saturated rings. The second-order valence-electron chi connectivity index (χ2n) is 12.7. The highest BCUT2D eigenvalue weighted by molar-refractivity contribution is 7.56. The van der Waals surface area contributed by atoms with Gasteiger partial charge in [-0.05, 0) is 96.4 Å². The lowest BCUT2D eigenvalue weighted by Gasteiger charge is -2.49. The molecule has 0 N–H and O–H groups in total. The standard InChI is InChI=1S/C29H51NOP2/c1-2-13-24(12-1)32(25-14-3-4-15-25)30-23-11-20-28(30)29(21-9-10-22-29)31-33(26-16-5-6-17-26)27-18-7-8-19-27/h24-28H,1-23H2/t28-/m0/s1. The summed E-state index contributed by atoms with van der Waals surface area (Å²) >= 11 is 0. The van der Waals surface area contributed by atoms with E-state index in [1.165, 1.54) is 122 Å². The third-order valence-electron chi connectivity index (χ3n) is 10.6. The van der Waals surface area contributed by atoms with Gasteiger partial charge in [-0.25, -0.2) is 0 Å². The van der Waals surface area contributed by atoms with Crippen LogP contribution in [-0.4, -0.2) is 45.5 Å². The summed E-state index contributed by atoms with van der Waals surface area (Å²) in [4.78, 5) is 0. The zero-order valence-corrected chi connectivity index (χ0v) is 23.2. The fourth-order valence-corrected chi connectivity index (χ4v) is 16.7. The lowest BCUT2D eigenvalue weighted by Crippen LogP contribution is -2.49. The van der Waals surface area contributed by atoms with Crippen LogP contribution < -0.4 is 0 Å². The lowest BCUT2D eigenvalue weighted by atomic mass is 9.91. The molecule has 1 saturated heterocycles. The topological polar surface area (TPSA) is 12.5 Å². The van der Waals surface area contributed by atoms with Crippen LogP contribution in [0.1, 0.15) is 141 Å². The Bertz CT molecular complexity index is 581. The molecule has 6 aliphatic rings. The summed E-state index contributed by atoms with van der Waals surface area (Å²) in [7, 11) is -0.153. The SMILES string of the molecule is C1CCC(P(OC2([C@@H]3CCCN3P(C3CCCC3)C3CCCC3)CCCC2)C2CCCC2)C1. The van der Waals surface area contributed by atoms with E-state index in [0.717, 1.165) is 28.7 Å². The molecule has 0 aromatic rings. The van der Waals surface area contributed by atoms with Gasteiger partial charge in [0.05, 0.1) is 5.60 Å². The molecule has 0 amide bonds. The zero-order valence-electron chi connectivity index (χ0n) is 21.4. The van der Waals surface area contributed by atoms with Crippen LogP contribution in [0.25, 0.3) is 0 Å². The first-order valence-corrected chi connectivity index (χ1v) is 18.2. The van der Waals surface area contributed by atoms with Crippen molar-refractivity contribution in [1.82, 2.24) is 4.67 Å². The van der Waals surface area contributed by atoms with Gasteiger partial charge in [-0.3, -0.25) is 4.67 Å². The maximum atomic E-state index is 7.79. The first kappa shape index (κ1) is 24.1. The molecule has 188 valence electrons. The molecule has 2 nitrogen and oxygen atoms in total. The Hall–Kier alpha value is 0.780. The average molecular weight is 492 g/mol. The zero-order chi connectivity index (χ0) is 22.1. The highest BCUT2D eigenvalue weighted by Crippen LogP contribution is 2.66. The van der Waals surface area contributed by atoms with Gasteiger partial charge < -0.3 is 4.52 Å². The van der Waals surface area contributed by atoms with Crippen molar-refractivity contribution in [3.63, 3.8) is 0 Å². The van der Waals surface area contributed by atoms with Crippen molar-refractivity contribution in [1.29, 1.82) is 0 Å². The van der Waals surface area contributed by atoms with Crippen LogP contribution >= 0.6 is 16.2 Å². The molecule has 1 atom stereocenters. The molecular formula is C29H51NOP2. The molecule has 0 aromatic heterocycles. The Morgan fingerprint density at radius 2 is 0.970 bits per heavy atom. The van der Waals surface area contributed by atoms with E-state index in [4.69, 9.17) is 4.52 Å². The Morgan fingerprint density at radius 1 is 0.515 bits per heavy atom. The van der Waals surface area contributed by atoms with Gasteiger partial charge in [0.15, 0.2) is 0 Å². The van der Waals surface area contributed by atoms with E-state index < -0.39 is 0 Å². The van der Waals surface area contributed by atoms with E-state index in [1.54, 1.807) is 25.7 Å². The molecule has 0 bridgehead atoms. The predicted molar refractivity (Wildman–Crippen MR) is 145 cm³/mol. The number of rotatable bonds is 8. The van der Waals surface area contributed by atoms with Crippen molar-refractivity contribution in [2.45, 2.75) is 176 Å². The quantitative estimate of drug-likeness (QED) is 0.314. The normalized spacial score (nSPS) is 33.1. The molecule has 0 spiro atoms. The average Bonchev–Trinajstić information content (AvgIpc) is 3.69.